The van der Waals surface area contributed by atoms with Crippen LogP contribution in [0.15, 0.2) is 0 Å². The standard InChI is InChI=1S/C31H62N2O2/c1-5-7-9-11-13-15-17-20-24-28(3)30(34)32-26-22-19-23-27-33-31(35)29(4)25-21-18-16-14-12-10-8-6-2/h28-29H,5-27H2,1-4H3,(H,32,34)(H,33,35)/t28-,29-/m0/s1. The smallest absolute Gasteiger partial charge is 0.222 e. The van der Waals surface area contributed by atoms with E-state index >= 15 is 0 Å². The van der Waals surface area contributed by atoms with Crippen molar-refractivity contribution in [2.45, 2.75) is 163 Å². The Labute approximate surface area is 219 Å². The van der Waals surface area contributed by atoms with Gasteiger partial charge in [0.05, 0.1) is 0 Å². The van der Waals surface area contributed by atoms with E-state index in [1.54, 1.807) is 0 Å². The van der Waals surface area contributed by atoms with Crippen molar-refractivity contribution >= 4 is 11.8 Å². The summed E-state index contributed by atoms with van der Waals surface area (Å²) in [6.45, 7) is 10.1. The predicted molar refractivity (Wildman–Crippen MR) is 153 cm³/mol. The first-order chi connectivity index (χ1) is 17.0. The quantitative estimate of drug-likeness (QED) is 0.118. The molecule has 0 fully saturated rings. The zero-order chi connectivity index (χ0) is 26.0. The van der Waals surface area contributed by atoms with E-state index in [9.17, 15) is 9.59 Å². The van der Waals surface area contributed by atoms with Crippen LogP contribution in [-0.4, -0.2) is 24.9 Å². The molecule has 4 heteroatoms. The summed E-state index contributed by atoms with van der Waals surface area (Å²) in [5.74, 6) is 0.654. The summed E-state index contributed by atoms with van der Waals surface area (Å²) in [5, 5.41) is 6.19. The number of carbonyl (C=O) groups excluding carboxylic acids is 2. The van der Waals surface area contributed by atoms with E-state index in [1.165, 1.54) is 103 Å². The zero-order valence-corrected chi connectivity index (χ0v) is 24.2. The molecule has 0 radical (unpaired) electrons. The Bertz CT molecular complexity index is 439. The first-order valence-electron chi connectivity index (χ1n) is 15.6. The molecule has 0 unspecified atom stereocenters. The average Bonchev–Trinajstić information content (AvgIpc) is 2.85. The first-order valence-corrected chi connectivity index (χ1v) is 15.6. The molecule has 2 N–H and O–H groups in total. The minimum absolute atomic E-state index is 0.122. The summed E-state index contributed by atoms with van der Waals surface area (Å²) in [4.78, 5) is 24.5. The molecule has 0 rings (SSSR count). The van der Waals surface area contributed by atoms with E-state index in [-0.39, 0.29) is 23.7 Å². The molecule has 0 aromatic carbocycles. The lowest BCUT2D eigenvalue weighted by atomic mass is 10.0. The molecule has 0 saturated carbocycles. The third-order valence-corrected chi connectivity index (χ3v) is 7.33. The summed E-state index contributed by atoms with van der Waals surface area (Å²) >= 11 is 0. The molecule has 0 aliphatic heterocycles. The molecule has 0 spiro atoms. The number of unbranched alkanes of at least 4 members (excludes halogenated alkanes) is 16. The number of carbonyl (C=O) groups is 2. The number of nitrogens with one attached hydrogen (secondary N) is 2. The van der Waals surface area contributed by atoms with Crippen molar-refractivity contribution in [3.8, 4) is 0 Å². The Hall–Kier alpha value is -1.06. The SMILES string of the molecule is CCCCCCCCCC[C@H](C)C(=O)NCCCCCNC(=O)[C@@H](C)CCCCCCCCCC. The molecule has 4 nitrogen and oxygen atoms in total. The molecule has 35 heavy (non-hydrogen) atoms. The van der Waals surface area contributed by atoms with Crippen LogP contribution in [0, 0.1) is 11.8 Å². The van der Waals surface area contributed by atoms with Gasteiger partial charge in [0.2, 0.25) is 11.8 Å². The maximum atomic E-state index is 12.3. The number of hydrogen-bond donors (Lipinski definition) is 2. The van der Waals surface area contributed by atoms with E-state index in [0.29, 0.717) is 0 Å². The van der Waals surface area contributed by atoms with Crippen molar-refractivity contribution in [3.05, 3.63) is 0 Å². The summed E-state index contributed by atoms with van der Waals surface area (Å²) in [5.41, 5.74) is 0. The van der Waals surface area contributed by atoms with Gasteiger partial charge in [-0.3, -0.25) is 9.59 Å². The molecule has 2 amide bonds. The highest BCUT2D eigenvalue weighted by Gasteiger charge is 2.12. The van der Waals surface area contributed by atoms with Crippen molar-refractivity contribution < 1.29 is 9.59 Å². The van der Waals surface area contributed by atoms with Gasteiger partial charge >= 0.3 is 0 Å². The van der Waals surface area contributed by atoms with Gasteiger partial charge in [-0.25, -0.2) is 0 Å². The second kappa shape index (κ2) is 26.0. The Morgan fingerprint density at radius 1 is 0.457 bits per heavy atom. The molecular formula is C31H62N2O2. The van der Waals surface area contributed by atoms with Crippen molar-refractivity contribution in [2.24, 2.45) is 11.8 Å². The lowest BCUT2D eigenvalue weighted by molar-refractivity contribution is -0.125. The molecule has 0 heterocycles. The Kier molecular flexibility index (Phi) is 25.2. The van der Waals surface area contributed by atoms with Gasteiger partial charge in [-0.15, -0.1) is 0 Å². The zero-order valence-electron chi connectivity index (χ0n) is 24.2. The molecule has 0 saturated heterocycles. The lowest BCUT2D eigenvalue weighted by Crippen LogP contribution is -2.31. The highest BCUT2D eigenvalue weighted by Crippen LogP contribution is 2.14. The predicted octanol–water partition coefficient (Wildman–Crippen LogP) is 8.72. The van der Waals surface area contributed by atoms with Crippen LogP contribution < -0.4 is 10.6 Å². The average molecular weight is 495 g/mol. The molecule has 0 aliphatic carbocycles. The van der Waals surface area contributed by atoms with Crippen LogP contribution in [0.5, 0.6) is 0 Å². The third kappa shape index (κ3) is 23.1. The molecule has 2 atom stereocenters. The number of amides is 2. The van der Waals surface area contributed by atoms with Crippen LogP contribution in [0.4, 0.5) is 0 Å². The maximum Gasteiger partial charge on any atom is 0.222 e. The van der Waals surface area contributed by atoms with Gasteiger partial charge in [-0.1, -0.05) is 130 Å². The van der Waals surface area contributed by atoms with E-state index in [1.807, 2.05) is 0 Å². The minimum atomic E-state index is 0.122. The normalized spacial score (nSPS) is 12.9. The van der Waals surface area contributed by atoms with Gasteiger partial charge in [0.25, 0.3) is 0 Å². The fraction of sp³-hybridized carbons (Fsp3) is 0.935. The van der Waals surface area contributed by atoms with Crippen LogP contribution in [0.2, 0.25) is 0 Å². The van der Waals surface area contributed by atoms with Crippen molar-refractivity contribution in [1.29, 1.82) is 0 Å². The van der Waals surface area contributed by atoms with Crippen LogP contribution in [-0.2, 0) is 9.59 Å². The minimum Gasteiger partial charge on any atom is -0.356 e. The number of hydrogen-bond acceptors (Lipinski definition) is 2. The van der Waals surface area contributed by atoms with Gasteiger partial charge in [-0.2, -0.15) is 0 Å². The molecule has 0 aromatic heterocycles. The van der Waals surface area contributed by atoms with Gasteiger partial charge in [0.15, 0.2) is 0 Å². The molecular weight excluding hydrogens is 432 g/mol. The highest BCUT2D eigenvalue weighted by atomic mass is 16.2. The maximum absolute atomic E-state index is 12.3. The summed E-state index contributed by atoms with van der Waals surface area (Å²) in [6.07, 6.45) is 26.0. The highest BCUT2D eigenvalue weighted by molar-refractivity contribution is 5.78. The Balaban J connectivity index is 3.52. The second-order valence-corrected chi connectivity index (χ2v) is 11.0. The molecule has 0 aliphatic rings. The summed E-state index contributed by atoms with van der Waals surface area (Å²) in [6, 6.07) is 0. The third-order valence-electron chi connectivity index (χ3n) is 7.33. The lowest BCUT2D eigenvalue weighted by Gasteiger charge is -2.13. The van der Waals surface area contributed by atoms with Crippen LogP contribution in [0.25, 0.3) is 0 Å². The Morgan fingerprint density at radius 3 is 1.09 bits per heavy atom. The summed E-state index contributed by atoms with van der Waals surface area (Å²) in [7, 11) is 0. The van der Waals surface area contributed by atoms with Crippen LogP contribution in [0.3, 0.4) is 0 Å². The largest absolute Gasteiger partial charge is 0.356 e. The van der Waals surface area contributed by atoms with Crippen LogP contribution in [0.1, 0.15) is 163 Å². The van der Waals surface area contributed by atoms with E-state index in [0.717, 1.165) is 45.2 Å². The number of rotatable bonds is 26. The fourth-order valence-corrected chi connectivity index (χ4v) is 4.63. The monoisotopic (exact) mass is 494 g/mol. The van der Waals surface area contributed by atoms with Crippen molar-refractivity contribution in [3.63, 3.8) is 0 Å². The molecule has 208 valence electrons. The Morgan fingerprint density at radius 2 is 0.743 bits per heavy atom. The van der Waals surface area contributed by atoms with Crippen molar-refractivity contribution in [2.75, 3.05) is 13.1 Å². The summed E-state index contributed by atoms with van der Waals surface area (Å²) < 4.78 is 0. The van der Waals surface area contributed by atoms with Crippen molar-refractivity contribution in [1.82, 2.24) is 10.6 Å². The fourth-order valence-electron chi connectivity index (χ4n) is 4.63. The second-order valence-electron chi connectivity index (χ2n) is 11.0. The van der Waals surface area contributed by atoms with Gasteiger partial charge in [-0.05, 0) is 32.1 Å². The van der Waals surface area contributed by atoms with E-state index < -0.39 is 0 Å². The van der Waals surface area contributed by atoms with E-state index in [4.69, 9.17) is 0 Å². The van der Waals surface area contributed by atoms with E-state index in [2.05, 4.69) is 38.3 Å². The molecule has 0 aromatic rings. The topological polar surface area (TPSA) is 58.2 Å². The molecule has 0 bridgehead atoms. The van der Waals surface area contributed by atoms with Crippen LogP contribution >= 0.6 is 0 Å². The van der Waals surface area contributed by atoms with Gasteiger partial charge in [0, 0.05) is 24.9 Å². The van der Waals surface area contributed by atoms with Gasteiger partial charge in [0.1, 0.15) is 0 Å². The van der Waals surface area contributed by atoms with Gasteiger partial charge < -0.3 is 10.6 Å². The first kappa shape index (κ1) is 33.9.